The van der Waals surface area contributed by atoms with Crippen molar-refractivity contribution in [3.8, 4) is 11.4 Å². The first kappa shape index (κ1) is 20.8. The Morgan fingerprint density at radius 1 is 1.20 bits per heavy atom. The van der Waals surface area contributed by atoms with Crippen LogP contribution >= 0.6 is 11.8 Å². The second-order valence-electron chi connectivity index (χ2n) is 7.53. The van der Waals surface area contributed by atoms with Crippen LogP contribution in [-0.2, 0) is 16.0 Å². The fraction of sp³-hybridized carbons (Fsp3) is 0.375. The minimum atomic E-state index is -0.265. The Kier molecular flexibility index (Phi) is 6.65. The molecule has 156 valence electrons. The van der Waals surface area contributed by atoms with Gasteiger partial charge in [-0.15, -0.1) is 0 Å². The SMILES string of the molecule is CCc1cccc2c(S[C@@H](C)C(=O)NC[C@H]3CCCO3)nc(-c3ccccc3)nc12. The zero-order valence-electron chi connectivity index (χ0n) is 17.4. The molecule has 2 heterocycles. The molecule has 2 atom stereocenters. The number of aromatic nitrogens is 2. The summed E-state index contributed by atoms with van der Waals surface area (Å²) in [5.41, 5.74) is 3.12. The van der Waals surface area contributed by atoms with Gasteiger partial charge in [-0.2, -0.15) is 0 Å². The molecule has 2 aromatic carbocycles. The molecule has 0 unspecified atom stereocenters. The normalized spacial score (nSPS) is 17.2. The van der Waals surface area contributed by atoms with Gasteiger partial charge in [0.1, 0.15) is 5.03 Å². The monoisotopic (exact) mass is 421 g/mol. The molecule has 5 nitrogen and oxygen atoms in total. The summed E-state index contributed by atoms with van der Waals surface area (Å²) < 4.78 is 5.61. The predicted octanol–water partition coefficient (Wildman–Crippen LogP) is 4.64. The van der Waals surface area contributed by atoms with Crippen LogP contribution in [0.2, 0.25) is 0 Å². The number of rotatable bonds is 7. The Hall–Kier alpha value is -2.44. The van der Waals surface area contributed by atoms with Gasteiger partial charge in [0.2, 0.25) is 5.91 Å². The topological polar surface area (TPSA) is 64.1 Å². The molecule has 0 saturated carbocycles. The van der Waals surface area contributed by atoms with E-state index >= 15 is 0 Å². The number of fused-ring (bicyclic) bond motifs is 1. The van der Waals surface area contributed by atoms with Gasteiger partial charge in [0.05, 0.1) is 16.9 Å². The van der Waals surface area contributed by atoms with Gasteiger partial charge in [0.15, 0.2) is 5.82 Å². The van der Waals surface area contributed by atoms with Crippen molar-refractivity contribution in [2.24, 2.45) is 0 Å². The number of carbonyl (C=O) groups excluding carboxylic acids is 1. The molecule has 6 heteroatoms. The van der Waals surface area contributed by atoms with Crippen LogP contribution < -0.4 is 5.32 Å². The van der Waals surface area contributed by atoms with Crippen molar-refractivity contribution in [1.29, 1.82) is 0 Å². The highest BCUT2D eigenvalue weighted by Gasteiger charge is 2.21. The lowest BCUT2D eigenvalue weighted by molar-refractivity contribution is -0.120. The van der Waals surface area contributed by atoms with E-state index in [-0.39, 0.29) is 17.3 Å². The third-order valence-corrected chi connectivity index (χ3v) is 6.48. The number of thioether (sulfide) groups is 1. The number of nitrogens with zero attached hydrogens (tertiary/aromatic N) is 2. The van der Waals surface area contributed by atoms with Crippen molar-refractivity contribution in [2.75, 3.05) is 13.2 Å². The van der Waals surface area contributed by atoms with Crippen LogP contribution in [0.25, 0.3) is 22.3 Å². The van der Waals surface area contributed by atoms with E-state index in [2.05, 4.69) is 18.3 Å². The van der Waals surface area contributed by atoms with Crippen molar-refractivity contribution < 1.29 is 9.53 Å². The van der Waals surface area contributed by atoms with Crippen LogP contribution in [0.5, 0.6) is 0 Å². The van der Waals surface area contributed by atoms with Gasteiger partial charge in [-0.05, 0) is 31.7 Å². The number of carbonyl (C=O) groups is 1. The average Bonchev–Trinajstić information content (AvgIpc) is 3.31. The van der Waals surface area contributed by atoms with E-state index in [0.29, 0.717) is 12.4 Å². The van der Waals surface area contributed by atoms with Gasteiger partial charge in [0.25, 0.3) is 0 Å². The molecule has 0 spiro atoms. The van der Waals surface area contributed by atoms with Crippen molar-refractivity contribution in [3.63, 3.8) is 0 Å². The van der Waals surface area contributed by atoms with Gasteiger partial charge in [0, 0.05) is 24.1 Å². The summed E-state index contributed by atoms with van der Waals surface area (Å²) in [6.07, 6.45) is 3.12. The highest BCUT2D eigenvalue weighted by molar-refractivity contribution is 8.00. The van der Waals surface area contributed by atoms with Gasteiger partial charge in [-0.1, -0.05) is 67.2 Å². The van der Waals surface area contributed by atoms with Gasteiger partial charge >= 0.3 is 0 Å². The van der Waals surface area contributed by atoms with Crippen LogP contribution in [0.15, 0.2) is 53.6 Å². The van der Waals surface area contributed by atoms with Crippen LogP contribution in [-0.4, -0.2) is 40.4 Å². The molecule has 0 bridgehead atoms. The van der Waals surface area contributed by atoms with Crippen LogP contribution in [0.1, 0.15) is 32.3 Å². The summed E-state index contributed by atoms with van der Waals surface area (Å²) >= 11 is 1.49. The Morgan fingerprint density at radius 2 is 2.03 bits per heavy atom. The Labute approximate surface area is 181 Å². The lowest BCUT2D eigenvalue weighted by Gasteiger charge is -2.16. The predicted molar refractivity (Wildman–Crippen MR) is 122 cm³/mol. The maximum absolute atomic E-state index is 12.7. The van der Waals surface area contributed by atoms with Gasteiger partial charge in [-0.25, -0.2) is 9.97 Å². The summed E-state index contributed by atoms with van der Waals surface area (Å²) in [6.45, 7) is 5.42. The zero-order valence-corrected chi connectivity index (χ0v) is 18.2. The zero-order chi connectivity index (χ0) is 20.9. The molecule has 4 rings (SSSR count). The second kappa shape index (κ2) is 9.58. The average molecular weight is 422 g/mol. The van der Waals surface area contributed by atoms with Crippen LogP contribution in [0, 0.1) is 0 Å². The summed E-state index contributed by atoms with van der Waals surface area (Å²) in [4.78, 5) is 22.4. The first-order valence-electron chi connectivity index (χ1n) is 10.6. The maximum Gasteiger partial charge on any atom is 0.233 e. The van der Waals surface area contributed by atoms with Gasteiger partial charge < -0.3 is 10.1 Å². The second-order valence-corrected chi connectivity index (χ2v) is 8.86. The highest BCUT2D eigenvalue weighted by Crippen LogP contribution is 2.32. The van der Waals surface area contributed by atoms with E-state index < -0.39 is 0 Å². The van der Waals surface area contributed by atoms with E-state index in [1.165, 1.54) is 17.3 Å². The summed E-state index contributed by atoms with van der Waals surface area (Å²) in [7, 11) is 0. The summed E-state index contributed by atoms with van der Waals surface area (Å²) in [6, 6.07) is 16.2. The highest BCUT2D eigenvalue weighted by atomic mass is 32.2. The lowest BCUT2D eigenvalue weighted by atomic mass is 10.1. The molecule has 0 radical (unpaired) electrons. The van der Waals surface area contributed by atoms with Crippen molar-refractivity contribution in [1.82, 2.24) is 15.3 Å². The number of ether oxygens (including phenoxy) is 1. The summed E-state index contributed by atoms with van der Waals surface area (Å²) in [5, 5.41) is 4.61. The maximum atomic E-state index is 12.7. The molecular weight excluding hydrogens is 394 g/mol. The molecule has 1 amide bonds. The fourth-order valence-electron chi connectivity index (χ4n) is 3.66. The first-order chi connectivity index (χ1) is 14.7. The molecule has 30 heavy (non-hydrogen) atoms. The first-order valence-corrected chi connectivity index (χ1v) is 11.4. The Bertz CT molecular complexity index is 1020. The molecular formula is C24H27N3O2S. The molecule has 1 aromatic heterocycles. The van der Waals surface area contributed by atoms with Crippen LogP contribution in [0.3, 0.4) is 0 Å². The van der Waals surface area contributed by atoms with Crippen LogP contribution in [0.4, 0.5) is 0 Å². The minimum absolute atomic E-state index is 0.00942. The standard InChI is InChI=1S/C24H27N3O2S/c1-3-17-11-7-13-20-21(17)26-22(18-9-5-4-6-10-18)27-24(20)30-16(2)23(28)25-15-19-12-8-14-29-19/h4-7,9-11,13,16,19H,3,8,12,14-15H2,1-2H3,(H,25,28)/t16-,19+/m0/s1. The molecule has 0 aliphatic carbocycles. The Balaban J connectivity index is 1.62. The summed E-state index contributed by atoms with van der Waals surface area (Å²) in [5.74, 6) is 0.702. The number of nitrogens with one attached hydrogen (secondary N) is 1. The van der Waals surface area contributed by atoms with E-state index in [9.17, 15) is 4.79 Å². The number of amides is 1. The fourth-order valence-corrected chi connectivity index (χ4v) is 4.62. The number of hydrogen-bond donors (Lipinski definition) is 1. The van der Waals surface area contributed by atoms with E-state index in [1.807, 2.05) is 49.4 Å². The third-order valence-electron chi connectivity index (χ3n) is 5.37. The number of aryl methyl sites for hydroxylation is 1. The molecule has 1 N–H and O–H groups in total. The quantitative estimate of drug-likeness (QED) is 0.445. The van der Waals surface area contributed by atoms with Crippen molar-refractivity contribution in [3.05, 3.63) is 54.1 Å². The molecule has 1 aliphatic rings. The van der Waals surface area contributed by atoms with E-state index in [0.717, 1.165) is 47.4 Å². The van der Waals surface area contributed by atoms with E-state index in [4.69, 9.17) is 14.7 Å². The molecule has 1 fully saturated rings. The third kappa shape index (κ3) is 4.65. The number of para-hydroxylation sites is 1. The molecule has 1 saturated heterocycles. The number of benzene rings is 2. The lowest BCUT2D eigenvalue weighted by Crippen LogP contribution is -2.36. The smallest absolute Gasteiger partial charge is 0.233 e. The van der Waals surface area contributed by atoms with Crippen molar-refractivity contribution >= 4 is 28.6 Å². The number of hydrogen-bond acceptors (Lipinski definition) is 5. The Morgan fingerprint density at radius 3 is 2.77 bits per heavy atom. The minimum Gasteiger partial charge on any atom is -0.376 e. The van der Waals surface area contributed by atoms with Gasteiger partial charge in [-0.3, -0.25) is 4.79 Å². The van der Waals surface area contributed by atoms with Crippen molar-refractivity contribution in [2.45, 2.75) is 49.5 Å². The molecule has 3 aromatic rings. The van der Waals surface area contributed by atoms with E-state index in [1.54, 1.807) is 0 Å². The largest absolute Gasteiger partial charge is 0.376 e. The molecule has 1 aliphatic heterocycles.